The van der Waals surface area contributed by atoms with Crippen molar-refractivity contribution in [3.63, 3.8) is 0 Å². The predicted octanol–water partition coefficient (Wildman–Crippen LogP) is 3.64. The number of hydrogen-bond acceptors (Lipinski definition) is 1. The van der Waals surface area contributed by atoms with E-state index < -0.39 is 17.3 Å². The van der Waals surface area contributed by atoms with Crippen LogP contribution in [0.1, 0.15) is 15.9 Å². The summed E-state index contributed by atoms with van der Waals surface area (Å²) in [7, 11) is 0. The predicted molar refractivity (Wildman–Crippen MR) is 63.5 cm³/mol. The van der Waals surface area contributed by atoms with Crippen LogP contribution in [0, 0.1) is 18.6 Å². The molecule has 18 heavy (non-hydrogen) atoms. The minimum Gasteiger partial charge on any atom is -0.478 e. The van der Waals surface area contributed by atoms with Crippen LogP contribution < -0.4 is 0 Å². The lowest BCUT2D eigenvalue weighted by atomic mass is 9.99. The first-order valence-corrected chi connectivity index (χ1v) is 5.29. The van der Waals surface area contributed by atoms with Gasteiger partial charge in [-0.3, -0.25) is 0 Å². The van der Waals surface area contributed by atoms with E-state index in [2.05, 4.69) is 0 Å². The number of halogens is 2. The molecule has 0 aromatic heterocycles. The van der Waals surface area contributed by atoms with Gasteiger partial charge >= 0.3 is 5.97 Å². The van der Waals surface area contributed by atoms with Gasteiger partial charge in [0.15, 0.2) is 0 Å². The van der Waals surface area contributed by atoms with Crippen molar-refractivity contribution in [3.05, 3.63) is 59.2 Å². The Morgan fingerprint density at radius 1 is 1.11 bits per heavy atom. The van der Waals surface area contributed by atoms with Gasteiger partial charge in [-0.2, -0.15) is 0 Å². The van der Waals surface area contributed by atoms with E-state index in [1.54, 1.807) is 13.0 Å². The second kappa shape index (κ2) is 4.56. The maximum absolute atomic E-state index is 13.5. The molecule has 0 fully saturated rings. The summed E-state index contributed by atoms with van der Waals surface area (Å²) >= 11 is 0. The van der Waals surface area contributed by atoms with Gasteiger partial charge < -0.3 is 5.11 Å². The van der Waals surface area contributed by atoms with Gasteiger partial charge in [0, 0.05) is 0 Å². The monoisotopic (exact) mass is 248 g/mol. The zero-order valence-electron chi connectivity index (χ0n) is 9.58. The molecule has 4 heteroatoms. The molecule has 0 aliphatic carbocycles. The Morgan fingerprint density at radius 2 is 1.83 bits per heavy atom. The molecule has 0 radical (unpaired) electrons. The van der Waals surface area contributed by atoms with E-state index in [0.29, 0.717) is 16.7 Å². The lowest BCUT2D eigenvalue weighted by molar-refractivity contribution is 0.0692. The molecule has 0 amide bonds. The van der Waals surface area contributed by atoms with Crippen LogP contribution in [0.25, 0.3) is 11.1 Å². The summed E-state index contributed by atoms with van der Waals surface area (Å²) in [6.07, 6.45) is 0. The number of carbonyl (C=O) groups is 1. The van der Waals surface area contributed by atoms with E-state index in [1.807, 2.05) is 0 Å². The van der Waals surface area contributed by atoms with Crippen LogP contribution in [0.4, 0.5) is 8.78 Å². The Balaban J connectivity index is 2.56. The van der Waals surface area contributed by atoms with Crippen molar-refractivity contribution < 1.29 is 18.7 Å². The van der Waals surface area contributed by atoms with Crippen molar-refractivity contribution in [2.24, 2.45) is 0 Å². The molecule has 2 aromatic carbocycles. The van der Waals surface area contributed by atoms with E-state index in [0.717, 1.165) is 6.07 Å². The number of benzene rings is 2. The van der Waals surface area contributed by atoms with Crippen molar-refractivity contribution >= 4 is 5.97 Å². The van der Waals surface area contributed by atoms with Gasteiger partial charge in [0.1, 0.15) is 11.6 Å². The van der Waals surface area contributed by atoms with E-state index in [4.69, 9.17) is 5.11 Å². The number of aromatic carboxylic acids is 1. The van der Waals surface area contributed by atoms with Crippen molar-refractivity contribution in [1.82, 2.24) is 0 Å². The number of carboxylic acid groups (broad SMARTS) is 1. The highest BCUT2D eigenvalue weighted by Gasteiger charge is 2.12. The summed E-state index contributed by atoms with van der Waals surface area (Å²) in [5.74, 6) is -2.53. The first-order chi connectivity index (χ1) is 8.50. The molecule has 0 spiro atoms. The molecular formula is C14H10F2O2. The van der Waals surface area contributed by atoms with Crippen molar-refractivity contribution in [1.29, 1.82) is 0 Å². The molecule has 0 saturated carbocycles. The van der Waals surface area contributed by atoms with Gasteiger partial charge in [-0.1, -0.05) is 18.2 Å². The molecule has 0 aliphatic rings. The van der Waals surface area contributed by atoms with Crippen LogP contribution in [-0.4, -0.2) is 11.1 Å². The highest BCUT2D eigenvalue weighted by atomic mass is 19.1. The topological polar surface area (TPSA) is 37.3 Å². The average molecular weight is 248 g/mol. The Morgan fingerprint density at radius 3 is 2.44 bits per heavy atom. The van der Waals surface area contributed by atoms with Crippen molar-refractivity contribution in [3.8, 4) is 11.1 Å². The van der Waals surface area contributed by atoms with Gasteiger partial charge in [-0.25, -0.2) is 13.6 Å². The highest BCUT2D eigenvalue weighted by molar-refractivity contribution is 5.88. The molecule has 0 unspecified atom stereocenters. The standard InChI is InChI=1S/C14H10F2O2/c1-8-10(3-2-4-12(8)15)9-5-6-11(14(17)18)13(16)7-9/h2-7H,1H3,(H,17,18). The minimum atomic E-state index is -1.32. The summed E-state index contributed by atoms with van der Waals surface area (Å²) < 4.78 is 26.9. The Labute approximate surface area is 103 Å². The van der Waals surface area contributed by atoms with Gasteiger partial charge in [0.25, 0.3) is 0 Å². The zero-order valence-corrected chi connectivity index (χ0v) is 9.58. The van der Waals surface area contributed by atoms with Crippen LogP contribution in [0.3, 0.4) is 0 Å². The Bertz CT molecular complexity index is 621. The smallest absolute Gasteiger partial charge is 0.338 e. The maximum Gasteiger partial charge on any atom is 0.338 e. The van der Waals surface area contributed by atoms with Crippen LogP contribution in [-0.2, 0) is 0 Å². The highest BCUT2D eigenvalue weighted by Crippen LogP contribution is 2.26. The minimum absolute atomic E-state index is 0.379. The second-order valence-electron chi connectivity index (χ2n) is 3.91. The summed E-state index contributed by atoms with van der Waals surface area (Å²) in [4.78, 5) is 10.7. The fourth-order valence-electron chi connectivity index (χ4n) is 1.78. The van der Waals surface area contributed by atoms with E-state index in [-0.39, 0.29) is 5.82 Å². The van der Waals surface area contributed by atoms with Gasteiger partial charge in [-0.05, 0) is 41.8 Å². The summed E-state index contributed by atoms with van der Waals surface area (Å²) in [5, 5.41) is 8.73. The molecule has 0 bridgehead atoms. The maximum atomic E-state index is 13.5. The Kier molecular flexibility index (Phi) is 3.10. The molecule has 2 rings (SSSR count). The van der Waals surface area contributed by atoms with Crippen LogP contribution in [0.5, 0.6) is 0 Å². The van der Waals surface area contributed by atoms with Crippen LogP contribution in [0.2, 0.25) is 0 Å². The van der Waals surface area contributed by atoms with E-state index in [1.165, 1.54) is 24.3 Å². The number of hydrogen-bond donors (Lipinski definition) is 1. The normalized spacial score (nSPS) is 10.4. The first kappa shape index (κ1) is 12.2. The van der Waals surface area contributed by atoms with Crippen molar-refractivity contribution in [2.75, 3.05) is 0 Å². The molecule has 2 nitrogen and oxygen atoms in total. The third-order valence-electron chi connectivity index (χ3n) is 2.78. The molecule has 0 atom stereocenters. The van der Waals surface area contributed by atoms with Gasteiger partial charge in [0.05, 0.1) is 5.56 Å². The third kappa shape index (κ3) is 2.09. The van der Waals surface area contributed by atoms with Crippen molar-refractivity contribution in [2.45, 2.75) is 6.92 Å². The largest absolute Gasteiger partial charge is 0.478 e. The third-order valence-corrected chi connectivity index (χ3v) is 2.78. The lowest BCUT2D eigenvalue weighted by Crippen LogP contribution is -2.00. The van der Waals surface area contributed by atoms with E-state index in [9.17, 15) is 13.6 Å². The van der Waals surface area contributed by atoms with Gasteiger partial charge in [-0.15, -0.1) is 0 Å². The molecule has 0 saturated heterocycles. The van der Waals surface area contributed by atoms with E-state index >= 15 is 0 Å². The number of rotatable bonds is 2. The van der Waals surface area contributed by atoms with Crippen LogP contribution in [0.15, 0.2) is 36.4 Å². The second-order valence-corrected chi connectivity index (χ2v) is 3.91. The van der Waals surface area contributed by atoms with Crippen LogP contribution >= 0.6 is 0 Å². The summed E-state index contributed by atoms with van der Waals surface area (Å²) in [6, 6.07) is 8.26. The molecule has 0 heterocycles. The summed E-state index contributed by atoms with van der Waals surface area (Å²) in [6.45, 7) is 1.59. The molecule has 92 valence electrons. The summed E-state index contributed by atoms with van der Waals surface area (Å²) in [5.41, 5.74) is 1.01. The first-order valence-electron chi connectivity index (χ1n) is 5.29. The van der Waals surface area contributed by atoms with Gasteiger partial charge in [0.2, 0.25) is 0 Å². The SMILES string of the molecule is Cc1c(F)cccc1-c1ccc(C(=O)O)c(F)c1. The Hall–Kier alpha value is -2.23. The molecule has 1 N–H and O–H groups in total. The molecule has 2 aromatic rings. The zero-order chi connectivity index (χ0) is 13.3. The fourth-order valence-corrected chi connectivity index (χ4v) is 1.78. The lowest BCUT2D eigenvalue weighted by Gasteiger charge is -2.08. The molecular weight excluding hydrogens is 238 g/mol. The average Bonchev–Trinajstić information content (AvgIpc) is 2.32. The fraction of sp³-hybridized carbons (Fsp3) is 0.0714. The quantitative estimate of drug-likeness (QED) is 0.880. The molecule has 0 aliphatic heterocycles. The number of carboxylic acids is 1.